The molecule has 4 N–H and O–H groups in total. The molecule has 1 unspecified atom stereocenters. The van der Waals surface area contributed by atoms with Gasteiger partial charge in [-0.1, -0.05) is 25.2 Å². The van der Waals surface area contributed by atoms with E-state index in [1.165, 1.54) is 24.0 Å². The summed E-state index contributed by atoms with van der Waals surface area (Å²) in [4.78, 5) is 11.3. The minimum atomic E-state index is -0.0954. The van der Waals surface area contributed by atoms with Gasteiger partial charge in [-0.2, -0.15) is 10.1 Å². The molecule has 0 bridgehead atoms. The maximum absolute atomic E-state index is 5.76. The van der Waals surface area contributed by atoms with Crippen molar-refractivity contribution >= 4 is 44.0 Å². The van der Waals surface area contributed by atoms with Gasteiger partial charge in [0.1, 0.15) is 6.23 Å². The van der Waals surface area contributed by atoms with Gasteiger partial charge in [-0.05, 0) is 69.4 Å². The van der Waals surface area contributed by atoms with Gasteiger partial charge in [0.2, 0.25) is 5.95 Å². The molecule has 206 valence electrons. The maximum Gasteiger partial charge on any atom is 0.240 e. The zero-order chi connectivity index (χ0) is 27.5. The van der Waals surface area contributed by atoms with E-state index in [-0.39, 0.29) is 18.1 Å². The molecule has 1 aliphatic rings. The summed E-state index contributed by atoms with van der Waals surface area (Å²) < 4.78 is 10.5. The van der Waals surface area contributed by atoms with Crippen LogP contribution in [0.1, 0.15) is 64.8 Å². The van der Waals surface area contributed by atoms with Gasteiger partial charge in [-0.25, -0.2) is 14.2 Å². The van der Waals surface area contributed by atoms with E-state index in [2.05, 4.69) is 45.0 Å². The van der Waals surface area contributed by atoms with Crippen LogP contribution >= 0.6 is 11.3 Å². The fraction of sp³-hybridized carbons (Fsp3) is 0.429. The molecule has 6 rings (SSSR count). The fourth-order valence-corrected chi connectivity index (χ4v) is 5.93. The second kappa shape index (κ2) is 11.6. The summed E-state index contributed by atoms with van der Waals surface area (Å²) in [6, 6.07) is 9.94. The van der Waals surface area contributed by atoms with E-state index in [9.17, 15) is 0 Å². The van der Waals surface area contributed by atoms with Crippen molar-refractivity contribution in [1.82, 2.24) is 29.4 Å². The Bertz CT molecular complexity index is 1550. The zero-order valence-corrected chi connectivity index (χ0v) is 23.9. The highest BCUT2D eigenvalue weighted by Gasteiger charge is 2.18. The van der Waals surface area contributed by atoms with Gasteiger partial charge in [-0.15, -0.1) is 5.10 Å². The average Bonchev–Trinajstić information content (AvgIpc) is 3.66. The van der Waals surface area contributed by atoms with E-state index in [0.717, 1.165) is 51.9 Å². The predicted octanol–water partition coefficient (Wildman–Crippen LogP) is 5.72. The summed E-state index contributed by atoms with van der Waals surface area (Å²) in [6.45, 7) is 11.2. The van der Waals surface area contributed by atoms with E-state index >= 15 is 0 Å². The van der Waals surface area contributed by atoms with E-state index < -0.39 is 0 Å². The topological polar surface area (TPSA) is 125 Å². The highest BCUT2D eigenvalue weighted by molar-refractivity contribution is 7.22. The molecule has 1 aromatic carbocycles. The number of nitrogens with zero attached hydrogens (tertiary/aromatic N) is 7. The van der Waals surface area contributed by atoms with Gasteiger partial charge in [0, 0.05) is 42.7 Å². The molecule has 1 fully saturated rings. The Balaban J connectivity index is 0.000000168. The highest BCUT2D eigenvalue weighted by Crippen LogP contribution is 2.32. The summed E-state index contributed by atoms with van der Waals surface area (Å²) in [5.41, 5.74) is 17.3. The van der Waals surface area contributed by atoms with Gasteiger partial charge in [0.25, 0.3) is 0 Å². The van der Waals surface area contributed by atoms with Crippen molar-refractivity contribution in [2.75, 3.05) is 36.1 Å². The van der Waals surface area contributed by atoms with Crippen molar-refractivity contribution in [3.8, 4) is 11.1 Å². The van der Waals surface area contributed by atoms with Crippen LogP contribution in [0.4, 0.5) is 16.8 Å². The van der Waals surface area contributed by atoms with Crippen molar-refractivity contribution in [2.24, 2.45) is 0 Å². The number of fused-ring (bicyclic) bond motifs is 2. The molecule has 1 saturated heterocycles. The first-order chi connectivity index (χ1) is 18.8. The van der Waals surface area contributed by atoms with Crippen LogP contribution in [-0.4, -0.2) is 49.1 Å². The summed E-state index contributed by atoms with van der Waals surface area (Å²) >= 11 is 1.77. The summed E-state index contributed by atoms with van der Waals surface area (Å²) in [5, 5.41) is 9.89. The minimum absolute atomic E-state index is 0.0954. The molecular weight excluding hydrogens is 510 g/mol. The van der Waals surface area contributed by atoms with Crippen LogP contribution in [0.15, 0.2) is 42.7 Å². The van der Waals surface area contributed by atoms with Crippen LogP contribution < -0.4 is 16.4 Å². The monoisotopic (exact) mass is 547 g/mol. The molecule has 0 amide bonds. The quantitative estimate of drug-likeness (QED) is 0.259. The van der Waals surface area contributed by atoms with Crippen molar-refractivity contribution in [1.29, 1.82) is 0 Å². The van der Waals surface area contributed by atoms with Crippen molar-refractivity contribution in [3.05, 3.63) is 48.4 Å². The number of hydrogen-bond acceptors (Lipinski definition) is 9. The molecule has 0 saturated carbocycles. The maximum atomic E-state index is 5.76. The standard InChI is InChI=1S/C16H22N6O.C12H15N3S/c1-5-23-11(4)21-9-12(8-18-21)13-6-7-14-19-16(17)20-22(14)15(13)10(2)3;13-9-4-5-11-10(8-9)14-12(16-11)15-6-2-1-3-7-15/h6-11H,5H2,1-4H3,(H2,17,20);4-5,8H,1-3,6-7,13H2. The van der Waals surface area contributed by atoms with Crippen LogP contribution in [0.3, 0.4) is 0 Å². The summed E-state index contributed by atoms with van der Waals surface area (Å²) in [6.07, 6.45) is 7.68. The van der Waals surface area contributed by atoms with Crippen LogP contribution in [0.25, 0.3) is 27.0 Å². The third kappa shape index (κ3) is 5.84. The number of pyridine rings is 1. The smallest absolute Gasteiger partial charge is 0.240 e. The molecule has 4 aromatic heterocycles. The van der Waals surface area contributed by atoms with Crippen LogP contribution in [0.2, 0.25) is 0 Å². The van der Waals surface area contributed by atoms with Gasteiger partial charge in [0.05, 0.1) is 22.1 Å². The Morgan fingerprint density at radius 2 is 1.82 bits per heavy atom. The Morgan fingerprint density at radius 1 is 1.03 bits per heavy atom. The number of rotatable bonds is 6. The van der Waals surface area contributed by atoms with Crippen LogP contribution in [-0.2, 0) is 4.74 Å². The summed E-state index contributed by atoms with van der Waals surface area (Å²) in [7, 11) is 0. The number of ether oxygens (including phenoxy) is 1. The number of piperidine rings is 1. The van der Waals surface area contributed by atoms with Crippen LogP contribution in [0, 0.1) is 0 Å². The Morgan fingerprint density at radius 3 is 2.56 bits per heavy atom. The molecule has 0 aliphatic carbocycles. The first-order valence-corrected chi connectivity index (χ1v) is 14.4. The lowest BCUT2D eigenvalue weighted by Crippen LogP contribution is -2.29. The zero-order valence-electron chi connectivity index (χ0n) is 23.0. The lowest BCUT2D eigenvalue weighted by Gasteiger charge is -2.25. The molecule has 11 heteroatoms. The first kappa shape index (κ1) is 26.9. The normalized spacial score (nSPS) is 14.6. The first-order valence-electron chi connectivity index (χ1n) is 13.6. The lowest BCUT2D eigenvalue weighted by atomic mass is 10.00. The van der Waals surface area contributed by atoms with E-state index in [1.54, 1.807) is 11.3 Å². The largest absolute Gasteiger partial charge is 0.399 e. The number of nitrogens with two attached hydrogens (primary N) is 2. The van der Waals surface area contributed by atoms with E-state index in [1.807, 2.05) is 59.7 Å². The molecule has 0 radical (unpaired) electrons. The number of anilines is 3. The second-order valence-corrected chi connectivity index (χ2v) is 11.1. The Kier molecular flexibility index (Phi) is 7.99. The molecular formula is C28H37N9OS. The Hall–Kier alpha value is -3.70. The predicted molar refractivity (Wildman–Crippen MR) is 159 cm³/mol. The second-order valence-electron chi connectivity index (χ2n) is 10.1. The molecule has 5 aromatic rings. The number of benzene rings is 1. The minimum Gasteiger partial charge on any atom is -0.399 e. The van der Waals surface area contributed by atoms with Gasteiger partial charge in [-0.3, -0.25) is 0 Å². The molecule has 5 heterocycles. The van der Waals surface area contributed by atoms with Crippen LogP contribution in [0.5, 0.6) is 0 Å². The van der Waals surface area contributed by atoms with E-state index in [0.29, 0.717) is 6.61 Å². The SMILES string of the molecule is CCOC(C)n1cc(-c2ccc3nc(N)nn3c2C(C)C)cn1.Nc1ccc2sc(N3CCCCC3)nc2c1. The number of thiazole rings is 1. The van der Waals surface area contributed by atoms with Crippen molar-refractivity contribution < 1.29 is 4.74 Å². The molecule has 39 heavy (non-hydrogen) atoms. The molecule has 1 atom stereocenters. The third-order valence-electron chi connectivity index (χ3n) is 6.82. The van der Waals surface area contributed by atoms with Gasteiger partial charge < -0.3 is 21.1 Å². The lowest BCUT2D eigenvalue weighted by molar-refractivity contribution is 0.0160. The molecule has 0 spiro atoms. The number of hydrogen-bond donors (Lipinski definition) is 2. The fourth-order valence-electron chi connectivity index (χ4n) is 4.93. The average molecular weight is 548 g/mol. The highest BCUT2D eigenvalue weighted by atomic mass is 32.1. The van der Waals surface area contributed by atoms with Crippen molar-refractivity contribution in [3.63, 3.8) is 0 Å². The molecule has 1 aliphatic heterocycles. The van der Waals surface area contributed by atoms with Crippen molar-refractivity contribution in [2.45, 2.75) is 59.1 Å². The number of aromatic nitrogens is 6. The Labute approximate surface area is 232 Å². The van der Waals surface area contributed by atoms with Gasteiger partial charge in [0.15, 0.2) is 10.8 Å². The van der Waals surface area contributed by atoms with E-state index in [4.69, 9.17) is 16.2 Å². The number of nitrogen functional groups attached to an aromatic ring is 2. The summed E-state index contributed by atoms with van der Waals surface area (Å²) in [5.74, 6) is 0.548. The third-order valence-corrected chi connectivity index (χ3v) is 7.92. The molecule has 10 nitrogen and oxygen atoms in total. The van der Waals surface area contributed by atoms with Gasteiger partial charge >= 0.3 is 0 Å².